The van der Waals surface area contributed by atoms with Crippen molar-refractivity contribution in [3.05, 3.63) is 57.8 Å². The molecule has 9 heteroatoms. The maximum Gasteiger partial charge on any atom is 0.242 e. The zero-order valence-corrected chi connectivity index (χ0v) is 15.5. The molecule has 128 valence electrons. The van der Waals surface area contributed by atoms with E-state index < -0.39 is 27.8 Å². The zero-order valence-electron chi connectivity index (χ0n) is 12.4. The van der Waals surface area contributed by atoms with Gasteiger partial charge in [0, 0.05) is 9.50 Å². The summed E-state index contributed by atoms with van der Waals surface area (Å²) in [5, 5.41) is 2.59. The Balaban J connectivity index is 2.11. The Hall–Kier alpha value is -1.48. The average molecular weight is 436 g/mol. The molecule has 2 rings (SSSR count). The van der Waals surface area contributed by atoms with E-state index in [-0.39, 0.29) is 15.6 Å². The molecule has 2 aromatic carbocycles. The first kappa shape index (κ1) is 18.9. The Morgan fingerprint density at radius 3 is 2.58 bits per heavy atom. The van der Waals surface area contributed by atoms with Crippen LogP contribution in [-0.2, 0) is 14.8 Å². The van der Waals surface area contributed by atoms with Crippen molar-refractivity contribution in [2.75, 3.05) is 5.32 Å². The fraction of sp³-hybridized carbons (Fsp3) is 0.133. The first-order valence-corrected chi connectivity index (χ1v) is 9.38. The third kappa shape index (κ3) is 4.76. The second kappa shape index (κ2) is 7.60. The van der Waals surface area contributed by atoms with E-state index in [4.69, 9.17) is 11.6 Å². The third-order valence-electron chi connectivity index (χ3n) is 3.02. The maximum atomic E-state index is 13.7. The van der Waals surface area contributed by atoms with Gasteiger partial charge in [0.2, 0.25) is 15.9 Å². The minimum Gasteiger partial charge on any atom is -0.322 e. The zero-order chi connectivity index (χ0) is 17.9. The van der Waals surface area contributed by atoms with Gasteiger partial charge >= 0.3 is 0 Å². The molecule has 2 aromatic rings. The van der Waals surface area contributed by atoms with Gasteiger partial charge in [-0.05, 0) is 43.3 Å². The van der Waals surface area contributed by atoms with Gasteiger partial charge in [0.1, 0.15) is 5.82 Å². The monoisotopic (exact) mass is 434 g/mol. The van der Waals surface area contributed by atoms with Crippen LogP contribution in [0.3, 0.4) is 0 Å². The Morgan fingerprint density at radius 2 is 1.96 bits per heavy atom. The minimum absolute atomic E-state index is 0.0444. The summed E-state index contributed by atoms with van der Waals surface area (Å²) in [5.74, 6) is -1.33. The van der Waals surface area contributed by atoms with Crippen molar-refractivity contribution in [3.63, 3.8) is 0 Å². The third-order valence-corrected chi connectivity index (χ3v) is 5.29. The molecule has 5 nitrogen and oxygen atoms in total. The molecule has 0 saturated heterocycles. The first-order valence-electron chi connectivity index (χ1n) is 6.73. The number of anilines is 1. The molecule has 2 N–H and O–H groups in total. The van der Waals surface area contributed by atoms with Gasteiger partial charge < -0.3 is 5.32 Å². The number of nitrogens with one attached hydrogen (secondary N) is 2. The van der Waals surface area contributed by atoms with E-state index in [1.165, 1.54) is 43.3 Å². The van der Waals surface area contributed by atoms with Crippen LogP contribution in [0.5, 0.6) is 0 Å². The summed E-state index contributed by atoms with van der Waals surface area (Å²) in [6.07, 6.45) is 0. The molecule has 0 radical (unpaired) electrons. The molecule has 0 aliphatic rings. The highest BCUT2D eigenvalue weighted by Crippen LogP contribution is 2.20. The average Bonchev–Trinajstić information content (AvgIpc) is 2.49. The highest BCUT2D eigenvalue weighted by Gasteiger charge is 2.23. The van der Waals surface area contributed by atoms with E-state index in [2.05, 4.69) is 26.0 Å². The Labute approximate surface area is 152 Å². The summed E-state index contributed by atoms with van der Waals surface area (Å²) in [4.78, 5) is 12.0. The van der Waals surface area contributed by atoms with Crippen molar-refractivity contribution in [3.8, 4) is 0 Å². The number of sulfonamides is 1. The van der Waals surface area contributed by atoms with Gasteiger partial charge in [-0.2, -0.15) is 4.72 Å². The molecule has 0 saturated carbocycles. The molecule has 0 bridgehead atoms. The van der Waals surface area contributed by atoms with Crippen LogP contribution < -0.4 is 10.0 Å². The second-order valence-electron chi connectivity index (χ2n) is 4.91. The van der Waals surface area contributed by atoms with Crippen LogP contribution in [0.2, 0.25) is 5.02 Å². The van der Waals surface area contributed by atoms with E-state index in [1.807, 2.05) is 0 Å². The van der Waals surface area contributed by atoms with E-state index in [9.17, 15) is 17.6 Å². The quantitative estimate of drug-likeness (QED) is 0.754. The van der Waals surface area contributed by atoms with Gasteiger partial charge in [-0.15, -0.1) is 0 Å². The van der Waals surface area contributed by atoms with Crippen LogP contribution in [-0.4, -0.2) is 20.4 Å². The van der Waals surface area contributed by atoms with Crippen molar-refractivity contribution in [2.24, 2.45) is 0 Å². The molecule has 1 amide bonds. The smallest absolute Gasteiger partial charge is 0.242 e. The molecule has 0 unspecified atom stereocenters. The number of hydrogen-bond acceptors (Lipinski definition) is 3. The number of hydrogen-bond donors (Lipinski definition) is 2. The highest BCUT2D eigenvalue weighted by molar-refractivity contribution is 9.10. The van der Waals surface area contributed by atoms with E-state index in [0.29, 0.717) is 4.47 Å². The van der Waals surface area contributed by atoms with Gasteiger partial charge in [0.05, 0.1) is 16.6 Å². The number of carbonyl (C=O) groups excluding carboxylic acids is 1. The summed E-state index contributed by atoms with van der Waals surface area (Å²) in [6.45, 7) is 1.36. The van der Waals surface area contributed by atoms with Gasteiger partial charge in [0.25, 0.3) is 0 Å². The number of halogens is 3. The molecular formula is C15H13BrClFN2O3S. The van der Waals surface area contributed by atoms with Crippen LogP contribution >= 0.6 is 27.5 Å². The largest absolute Gasteiger partial charge is 0.322 e. The van der Waals surface area contributed by atoms with Crippen LogP contribution in [0.25, 0.3) is 0 Å². The van der Waals surface area contributed by atoms with Crippen molar-refractivity contribution in [2.45, 2.75) is 17.9 Å². The fourth-order valence-corrected chi connectivity index (χ4v) is 3.66. The summed E-state index contributed by atoms with van der Waals surface area (Å²) in [6, 6.07) is 8.64. The molecule has 0 aromatic heterocycles. The van der Waals surface area contributed by atoms with Gasteiger partial charge in [-0.3, -0.25) is 4.79 Å². The van der Waals surface area contributed by atoms with Gasteiger partial charge in [-0.25, -0.2) is 12.8 Å². The lowest BCUT2D eigenvalue weighted by Gasteiger charge is -2.15. The predicted octanol–water partition coefficient (Wildman–Crippen LogP) is 3.55. The number of rotatable bonds is 5. The SMILES string of the molecule is C[C@@H](NS(=O)(=O)c1cccc(Cl)c1)C(=O)Nc1ccc(Br)cc1F. The number of carbonyl (C=O) groups is 1. The fourth-order valence-electron chi connectivity index (χ4n) is 1.82. The Morgan fingerprint density at radius 1 is 1.25 bits per heavy atom. The predicted molar refractivity (Wildman–Crippen MR) is 94.0 cm³/mol. The molecule has 0 fully saturated rings. The first-order chi connectivity index (χ1) is 11.2. The normalized spacial score (nSPS) is 12.7. The molecule has 0 aliphatic carbocycles. The van der Waals surface area contributed by atoms with Crippen molar-refractivity contribution in [1.29, 1.82) is 0 Å². The lowest BCUT2D eigenvalue weighted by Crippen LogP contribution is -2.41. The molecule has 0 spiro atoms. The van der Waals surface area contributed by atoms with Crippen LogP contribution in [0, 0.1) is 5.82 Å². The summed E-state index contributed by atoms with van der Waals surface area (Å²) >= 11 is 8.88. The number of benzene rings is 2. The highest BCUT2D eigenvalue weighted by atomic mass is 79.9. The lowest BCUT2D eigenvalue weighted by molar-refractivity contribution is -0.117. The van der Waals surface area contributed by atoms with E-state index in [0.717, 1.165) is 0 Å². The number of amides is 1. The molecule has 0 heterocycles. The molecule has 1 atom stereocenters. The topological polar surface area (TPSA) is 75.3 Å². The molecular weight excluding hydrogens is 423 g/mol. The Kier molecular flexibility index (Phi) is 5.97. The Bertz CT molecular complexity index is 877. The van der Waals surface area contributed by atoms with E-state index >= 15 is 0 Å². The van der Waals surface area contributed by atoms with Gasteiger partial charge in [-0.1, -0.05) is 33.6 Å². The van der Waals surface area contributed by atoms with Crippen LogP contribution in [0.1, 0.15) is 6.92 Å². The van der Waals surface area contributed by atoms with Crippen molar-refractivity contribution >= 4 is 49.1 Å². The van der Waals surface area contributed by atoms with Gasteiger partial charge in [0.15, 0.2) is 0 Å². The molecule has 0 aliphatic heterocycles. The summed E-state index contributed by atoms with van der Waals surface area (Å²) < 4.78 is 40.9. The minimum atomic E-state index is -3.93. The van der Waals surface area contributed by atoms with E-state index in [1.54, 1.807) is 6.07 Å². The molecule has 24 heavy (non-hydrogen) atoms. The van der Waals surface area contributed by atoms with Crippen molar-refractivity contribution in [1.82, 2.24) is 4.72 Å². The van der Waals surface area contributed by atoms with Crippen molar-refractivity contribution < 1.29 is 17.6 Å². The summed E-state index contributed by atoms with van der Waals surface area (Å²) in [5.41, 5.74) is -0.0444. The second-order valence-corrected chi connectivity index (χ2v) is 7.98. The lowest BCUT2D eigenvalue weighted by atomic mass is 10.2. The standard InChI is InChI=1S/C15H13BrClFN2O3S/c1-9(15(21)19-14-6-5-10(16)7-13(14)18)20-24(22,23)12-4-2-3-11(17)8-12/h2-9,20H,1H3,(H,19,21)/t9-/m1/s1. The maximum absolute atomic E-state index is 13.7. The summed E-state index contributed by atoms with van der Waals surface area (Å²) in [7, 11) is -3.93. The van der Waals surface area contributed by atoms with Crippen LogP contribution in [0.15, 0.2) is 51.8 Å². The van der Waals surface area contributed by atoms with Crippen LogP contribution in [0.4, 0.5) is 10.1 Å².